The number of nitrogens with one attached hydrogen (secondary N) is 2. The molecule has 1 unspecified atom stereocenters. The number of carboxylic acids is 1. The van der Waals surface area contributed by atoms with Crippen LogP contribution in [-0.4, -0.2) is 52.7 Å². The van der Waals surface area contributed by atoms with Crippen molar-refractivity contribution >= 4 is 41.8 Å². The molecule has 0 aromatic heterocycles. The minimum absolute atomic E-state index is 0. The molecule has 0 saturated carbocycles. The Morgan fingerprint density at radius 2 is 1.69 bits per heavy atom. The van der Waals surface area contributed by atoms with Gasteiger partial charge in [0.15, 0.2) is 6.04 Å². The standard InChI is InChI=1S/C19H28ClN3O5.ClH/c1-10(2)16(21)18(26)22-9-13(12-4-6-14(20)7-5-12)8-15(25)23-17(11(3)24)19(27)28;/h4-7,10-11,13,16-17,24H,8-9,21H2,1-3H3,(H,22,26)(H,23,25)(H,27,28);1H/t11?,13-,16-,17-;/m0./s1. The number of carbonyl (C=O) groups excluding carboxylic acids is 2. The van der Waals surface area contributed by atoms with Gasteiger partial charge in [-0.15, -0.1) is 12.4 Å². The third-order valence-electron chi connectivity index (χ3n) is 4.38. The molecule has 1 aromatic carbocycles. The number of rotatable bonds is 10. The van der Waals surface area contributed by atoms with Crippen LogP contribution in [0.2, 0.25) is 5.02 Å². The van der Waals surface area contributed by atoms with Gasteiger partial charge in [0.05, 0.1) is 12.1 Å². The van der Waals surface area contributed by atoms with Crippen molar-refractivity contribution in [2.45, 2.75) is 51.3 Å². The second-order valence-electron chi connectivity index (χ2n) is 7.09. The zero-order valence-corrected chi connectivity index (χ0v) is 18.2. The van der Waals surface area contributed by atoms with Gasteiger partial charge in [0.2, 0.25) is 11.8 Å². The minimum atomic E-state index is -1.41. The molecule has 2 amide bonds. The van der Waals surface area contributed by atoms with Crippen molar-refractivity contribution in [3.63, 3.8) is 0 Å². The lowest BCUT2D eigenvalue weighted by Crippen LogP contribution is -2.48. The Labute approximate surface area is 181 Å². The fraction of sp³-hybridized carbons (Fsp3) is 0.526. The van der Waals surface area contributed by atoms with E-state index in [0.717, 1.165) is 5.56 Å². The highest BCUT2D eigenvalue weighted by Gasteiger charge is 2.27. The first kappa shape index (κ1) is 27.1. The summed E-state index contributed by atoms with van der Waals surface area (Å²) in [5.74, 6) is -2.69. The second kappa shape index (κ2) is 12.6. The van der Waals surface area contributed by atoms with E-state index in [9.17, 15) is 19.5 Å². The third kappa shape index (κ3) is 8.99. The zero-order chi connectivity index (χ0) is 21.4. The van der Waals surface area contributed by atoms with Crippen molar-refractivity contribution in [1.29, 1.82) is 0 Å². The Bertz CT molecular complexity index is 683. The lowest BCUT2D eigenvalue weighted by Gasteiger charge is -2.22. The number of benzene rings is 1. The van der Waals surface area contributed by atoms with Crippen molar-refractivity contribution in [1.82, 2.24) is 10.6 Å². The molecule has 0 heterocycles. The zero-order valence-electron chi connectivity index (χ0n) is 16.6. The average Bonchev–Trinajstić information content (AvgIpc) is 2.62. The molecule has 0 bridgehead atoms. The van der Waals surface area contributed by atoms with E-state index in [-0.39, 0.29) is 37.2 Å². The first-order chi connectivity index (χ1) is 13.0. The average molecular weight is 450 g/mol. The van der Waals surface area contributed by atoms with E-state index in [1.54, 1.807) is 24.3 Å². The summed E-state index contributed by atoms with van der Waals surface area (Å²) in [5, 5.41) is 24.2. The maximum absolute atomic E-state index is 12.4. The molecule has 1 aromatic rings. The number of carboxylic acid groups (broad SMARTS) is 1. The smallest absolute Gasteiger partial charge is 0.328 e. The summed E-state index contributed by atoms with van der Waals surface area (Å²) >= 11 is 5.91. The highest BCUT2D eigenvalue weighted by atomic mass is 35.5. The van der Waals surface area contributed by atoms with Crippen LogP contribution in [-0.2, 0) is 14.4 Å². The summed E-state index contributed by atoms with van der Waals surface area (Å²) in [6.45, 7) is 5.08. The van der Waals surface area contributed by atoms with Gasteiger partial charge in [-0.3, -0.25) is 9.59 Å². The van der Waals surface area contributed by atoms with Crippen LogP contribution in [0.25, 0.3) is 0 Å². The van der Waals surface area contributed by atoms with Gasteiger partial charge < -0.3 is 26.6 Å². The number of amides is 2. The number of nitrogens with two attached hydrogens (primary N) is 1. The molecule has 1 rings (SSSR count). The third-order valence-corrected chi connectivity index (χ3v) is 4.63. The van der Waals surface area contributed by atoms with Crippen LogP contribution in [0.3, 0.4) is 0 Å². The minimum Gasteiger partial charge on any atom is -0.480 e. The molecule has 4 atom stereocenters. The Morgan fingerprint density at radius 1 is 1.14 bits per heavy atom. The number of halogens is 2. The Kier molecular flexibility index (Phi) is 11.8. The fourth-order valence-electron chi connectivity index (χ4n) is 2.53. The van der Waals surface area contributed by atoms with Crippen LogP contribution < -0.4 is 16.4 Å². The molecule has 10 heteroatoms. The van der Waals surface area contributed by atoms with Gasteiger partial charge >= 0.3 is 5.97 Å². The Hall–Kier alpha value is -1.87. The van der Waals surface area contributed by atoms with Crippen molar-refractivity contribution in [3.8, 4) is 0 Å². The van der Waals surface area contributed by atoms with Gasteiger partial charge in [0.25, 0.3) is 0 Å². The summed E-state index contributed by atoms with van der Waals surface area (Å²) in [6.07, 6.45) is -1.34. The molecule has 0 aliphatic rings. The number of aliphatic carboxylic acids is 1. The van der Waals surface area contributed by atoms with Crippen molar-refractivity contribution in [3.05, 3.63) is 34.9 Å². The summed E-state index contributed by atoms with van der Waals surface area (Å²) in [4.78, 5) is 35.7. The van der Waals surface area contributed by atoms with Crippen LogP contribution in [0, 0.1) is 5.92 Å². The molecule has 0 spiro atoms. The second-order valence-corrected chi connectivity index (χ2v) is 7.53. The molecule has 0 saturated heterocycles. The normalized spacial score (nSPS) is 14.9. The Morgan fingerprint density at radius 3 is 2.14 bits per heavy atom. The van der Waals surface area contributed by atoms with Gasteiger partial charge in [0, 0.05) is 23.9 Å². The lowest BCUT2D eigenvalue weighted by molar-refractivity contribution is -0.144. The first-order valence-corrected chi connectivity index (χ1v) is 9.39. The summed E-state index contributed by atoms with van der Waals surface area (Å²) in [7, 11) is 0. The molecule has 0 fully saturated rings. The largest absolute Gasteiger partial charge is 0.480 e. The summed E-state index contributed by atoms with van der Waals surface area (Å²) in [6, 6.07) is 4.71. The molecule has 0 aliphatic carbocycles. The van der Waals surface area contributed by atoms with Crippen LogP contribution in [0.1, 0.15) is 38.7 Å². The number of carbonyl (C=O) groups is 3. The van der Waals surface area contributed by atoms with E-state index < -0.39 is 36.0 Å². The van der Waals surface area contributed by atoms with E-state index in [1.165, 1.54) is 6.92 Å². The van der Waals surface area contributed by atoms with E-state index in [0.29, 0.717) is 5.02 Å². The van der Waals surface area contributed by atoms with Gasteiger partial charge in [-0.25, -0.2) is 4.79 Å². The van der Waals surface area contributed by atoms with Crippen LogP contribution >= 0.6 is 24.0 Å². The highest BCUT2D eigenvalue weighted by molar-refractivity contribution is 6.30. The van der Waals surface area contributed by atoms with Gasteiger partial charge in [-0.05, 0) is 30.5 Å². The maximum Gasteiger partial charge on any atom is 0.328 e. The Balaban J connectivity index is 0.00000784. The number of hydrogen-bond acceptors (Lipinski definition) is 5. The van der Waals surface area contributed by atoms with Gasteiger partial charge in [-0.2, -0.15) is 0 Å². The van der Waals surface area contributed by atoms with Crippen molar-refractivity contribution in [2.75, 3.05) is 6.54 Å². The van der Waals surface area contributed by atoms with Crippen LogP contribution in [0.15, 0.2) is 24.3 Å². The van der Waals surface area contributed by atoms with E-state index in [4.69, 9.17) is 22.4 Å². The maximum atomic E-state index is 12.4. The molecule has 0 radical (unpaired) electrons. The quantitative estimate of drug-likeness (QED) is 0.364. The fourth-order valence-corrected chi connectivity index (χ4v) is 2.66. The number of aliphatic hydroxyl groups is 1. The van der Waals surface area contributed by atoms with E-state index >= 15 is 0 Å². The monoisotopic (exact) mass is 449 g/mol. The van der Waals surface area contributed by atoms with Crippen molar-refractivity contribution < 1.29 is 24.6 Å². The number of aliphatic hydroxyl groups excluding tert-OH is 1. The van der Waals surface area contributed by atoms with Crippen LogP contribution in [0.4, 0.5) is 0 Å². The first-order valence-electron chi connectivity index (χ1n) is 9.01. The van der Waals surface area contributed by atoms with E-state index in [1.807, 2.05) is 13.8 Å². The topological polar surface area (TPSA) is 142 Å². The molecular formula is C19H29Cl2N3O5. The molecule has 29 heavy (non-hydrogen) atoms. The SMILES string of the molecule is CC(C)[C@H](N)C(=O)NC[C@H](CC(=O)N[C@H](C(=O)O)C(C)O)c1ccc(Cl)cc1.Cl. The van der Waals surface area contributed by atoms with Gasteiger partial charge in [-0.1, -0.05) is 37.6 Å². The van der Waals surface area contributed by atoms with Crippen molar-refractivity contribution in [2.24, 2.45) is 11.7 Å². The predicted molar refractivity (Wildman–Crippen MR) is 113 cm³/mol. The lowest BCUT2D eigenvalue weighted by atomic mass is 9.94. The molecule has 164 valence electrons. The molecule has 6 N–H and O–H groups in total. The van der Waals surface area contributed by atoms with Gasteiger partial charge in [0.1, 0.15) is 0 Å². The molecule has 8 nitrogen and oxygen atoms in total. The summed E-state index contributed by atoms with van der Waals surface area (Å²) < 4.78 is 0. The number of hydrogen-bond donors (Lipinski definition) is 5. The predicted octanol–water partition coefficient (Wildman–Crippen LogP) is 1.29. The van der Waals surface area contributed by atoms with Crippen LogP contribution in [0.5, 0.6) is 0 Å². The highest BCUT2D eigenvalue weighted by Crippen LogP contribution is 2.21. The molecule has 0 aliphatic heterocycles. The summed E-state index contributed by atoms with van der Waals surface area (Å²) in [5.41, 5.74) is 6.59. The van der Waals surface area contributed by atoms with E-state index in [2.05, 4.69) is 10.6 Å². The molecular weight excluding hydrogens is 421 g/mol.